The fraction of sp³-hybridized carbons (Fsp3) is 0.286. The van der Waals surface area contributed by atoms with Crippen LogP contribution in [0.5, 0.6) is 0 Å². The second kappa shape index (κ2) is 6.55. The minimum atomic E-state index is -0.312. The van der Waals surface area contributed by atoms with Crippen molar-refractivity contribution in [2.24, 2.45) is 0 Å². The van der Waals surface area contributed by atoms with E-state index < -0.39 is 0 Å². The zero-order valence-electron chi connectivity index (χ0n) is 5.71. The van der Waals surface area contributed by atoms with Crippen molar-refractivity contribution in [3.8, 4) is 0 Å². The predicted molar refractivity (Wildman–Crippen MR) is 43.8 cm³/mol. The molecule has 0 aromatic rings. The Morgan fingerprint density at radius 2 is 2.30 bits per heavy atom. The van der Waals surface area contributed by atoms with E-state index in [1.165, 1.54) is 6.08 Å². The van der Waals surface area contributed by atoms with E-state index in [0.29, 0.717) is 6.61 Å². The van der Waals surface area contributed by atoms with E-state index in [-0.39, 0.29) is 5.97 Å². The van der Waals surface area contributed by atoms with E-state index in [4.69, 9.17) is 0 Å². The normalized spacial score (nSPS) is 11.0. The number of hydrogen-bond acceptors (Lipinski definition) is 2. The number of esters is 1. The average Bonchev–Trinajstić information content (AvgIpc) is 1.89. The minimum Gasteiger partial charge on any atom is -0.463 e. The summed E-state index contributed by atoms with van der Waals surface area (Å²) in [6.45, 7) is 2.19. The van der Waals surface area contributed by atoms with Gasteiger partial charge in [-0.15, -0.1) is 0 Å². The highest BCUT2D eigenvalue weighted by atomic mass is 79.9. The minimum absolute atomic E-state index is 0.312. The molecule has 0 N–H and O–H groups in total. The van der Waals surface area contributed by atoms with Crippen molar-refractivity contribution in [3.05, 3.63) is 23.2 Å². The maximum Gasteiger partial charge on any atom is 0.330 e. The molecule has 10 heavy (non-hydrogen) atoms. The van der Waals surface area contributed by atoms with Crippen molar-refractivity contribution < 1.29 is 9.53 Å². The summed E-state index contributed by atoms with van der Waals surface area (Å²) in [4.78, 5) is 12.2. The summed E-state index contributed by atoms with van der Waals surface area (Å²) in [7, 11) is 0. The molecule has 0 saturated carbocycles. The van der Waals surface area contributed by atoms with Crippen LogP contribution < -0.4 is 0 Å². The summed E-state index contributed by atoms with van der Waals surface area (Å²) in [5.41, 5.74) is 0. The molecule has 0 spiro atoms. The van der Waals surface area contributed by atoms with E-state index in [9.17, 15) is 4.79 Å². The third-order valence-corrected chi connectivity index (χ3v) is 1.01. The van der Waals surface area contributed by atoms with E-state index in [0.717, 1.165) is 0 Å². The summed E-state index contributed by atoms with van der Waals surface area (Å²) in [6.07, 6.45) is 4.66. The average molecular weight is 205 g/mol. The summed E-state index contributed by atoms with van der Waals surface area (Å²) >= 11 is 3.05. The molecule has 0 bridgehead atoms. The molecular weight excluding hydrogens is 196 g/mol. The fourth-order valence-electron chi connectivity index (χ4n) is 0.366. The lowest BCUT2D eigenvalue weighted by Gasteiger charge is -1.92. The lowest BCUT2D eigenvalue weighted by Crippen LogP contribution is -1.98. The molecule has 0 fully saturated rings. The fourth-order valence-corrected chi connectivity index (χ4v) is 0.543. The van der Waals surface area contributed by atoms with Gasteiger partial charge in [0.2, 0.25) is 0 Å². The van der Waals surface area contributed by atoms with Crippen LogP contribution in [0.25, 0.3) is 0 Å². The molecule has 0 amide bonds. The Labute approximate surface area is 68.7 Å². The molecule has 0 aromatic carbocycles. The molecule has 0 aliphatic rings. The first-order chi connectivity index (χ1) is 4.81. The van der Waals surface area contributed by atoms with Gasteiger partial charge in [-0.25, -0.2) is 4.79 Å². The van der Waals surface area contributed by atoms with Crippen molar-refractivity contribution in [1.82, 2.24) is 0 Å². The molecule has 0 heterocycles. The van der Waals surface area contributed by atoms with Crippen LogP contribution in [0.3, 0.4) is 0 Å². The number of carbonyl (C=O) groups excluding carboxylic acids is 1. The third-order valence-electron chi connectivity index (χ3n) is 0.703. The van der Waals surface area contributed by atoms with Crippen molar-refractivity contribution in [1.29, 1.82) is 0 Å². The van der Waals surface area contributed by atoms with Gasteiger partial charge in [-0.1, -0.05) is 28.1 Å². The first-order valence-electron chi connectivity index (χ1n) is 2.91. The molecule has 0 rings (SSSR count). The maximum absolute atomic E-state index is 10.6. The number of ether oxygens (including phenoxy) is 1. The molecule has 0 atom stereocenters. The Morgan fingerprint density at radius 3 is 2.80 bits per heavy atom. The number of carbonyl (C=O) groups is 1. The van der Waals surface area contributed by atoms with Crippen LogP contribution in [0.15, 0.2) is 23.2 Å². The zero-order valence-corrected chi connectivity index (χ0v) is 7.30. The largest absolute Gasteiger partial charge is 0.463 e. The summed E-state index contributed by atoms with van der Waals surface area (Å²) in [5, 5.41) is 0. The predicted octanol–water partition coefficient (Wildman–Crippen LogP) is 2.01. The lowest BCUT2D eigenvalue weighted by atomic mass is 10.5. The van der Waals surface area contributed by atoms with Crippen LogP contribution >= 0.6 is 15.9 Å². The smallest absolute Gasteiger partial charge is 0.330 e. The number of hydrogen-bond donors (Lipinski definition) is 0. The van der Waals surface area contributed by atoms with Gasteiger partial charge in [0.1, 0.15) is 0 Å². The molecule has 0 aliphatic heterocycles. The quantitative estimate of drug-likeness (QED) is 0.400. The second-order valence-electron chi connectivity index (χ2n) is 1.43. The van der Waals surface area contributed by atoms with Gasteiger partial charge in [-0.05, 0) is 11.9 Å². The van der Waals surface area contributed by atoms with Gasteiger partial charge in [0.25, 0.3) is 0 Å². The molecule has 56 valence electrons. The van der Waals surface area contributed by atoms with E-state index >= 15 is 0 Å². The standard InChI is InChI=1S/C7H9BrO2/c1-2-10-7(9)5-3-4-6-8/h3-6H,2H2,1H3/b5-3+,6-4-. The Balaban J connectivity index is 3.56. The van der Waals surface area contributed by atoms with Crippen LogP contribution in [0.2, 0.25) is 0 Å². The lowest BCUT2D eigenvalue weighted by molar-refractivity contribution is -0.137. The Hall–Kier alpha value is -0.570. The summed E-state index contributed by atoms with van der Waals surface area (Å²) in [5.74, 6) is -0.312. The monoisotopic (exact) mass is 204 g/mol. The maximum atomic E-state index is 10.6. The van der Waals surface area contributed by atoms with Crippen LogP contribution in [-0.4, -0.2) is 12.6 Å². The second-order valence-corrected chi connectivity index (χ2v) is 1.96. The zero-order chi connectivity index (χ0) is 7.82. The van der Waals surface area contributed by atoms with Gasteiger partial charge in [0.05, 0.1) is 6.61 Å². The van der Waals surface area contributed by atoms with Crippen LogP contribution in [-0.2, 0) is 9.53 Å². The third kappa shape index (κ3) is 5.56. The number of rotatable bonds is 3. The van der Waals surface area contributed by atoms with Gasteiger partial charge < -0.3 is 4.74 Å². The van der Waals surface area contributed by atoms with Gasteiger partial charge in [-0.2, -0.15) is 0 Å². The number of halogens is 1. The highest BCUT2D eigenvalue weighted by molar-refractivity contribution is 9.11. The topological polar surface area (TPSA) is 26.3 Å². The SMILES string of the molecule is CCOC(=O)/C=C/C=C\Br. The highest BCUT2D eigenvalue weighted by Crippen LogP contribution is 1.85. The Bertz CT molecular complexity index is 150. The Morgan fingerprint density at radius 1 is 1.60 bits per heavy atom. The first kappa shape index (κ1) is 9.43. The van der Waals surface area contributed by atoms with Crippen molar-refractivity contribution in [2.75, 3.05) is 6.61 Å². The van der Waals surface area contributed by atoms with Gasteiger partial charge in [0.15, 0.2) is 0 Å². The number of allylic oxidation sites excluding steroid dienone is 2. The van der Waals surface area contributed by atoms with Crippen molar-refractivity contribution >= 4 is 21.9 Å². The van der Waals surface area contributed by atoms with Gasteiger partial charge in [-0.3, -0.25) is 0 Å². The molecule has 0 unspecified atom stereocenters. The van der Waals surface area contributed by atoms with Gasteiger partial charge >= 0.3 is 5.97 Å². The molecule has 3 heteroatoms. The van der Waals surface area contributed by atoms with E-state index in [1.54, 1.807) is 24.1 Å². The van der Waals surface area contributed by atoms with Crippen LogP contribution in [0.4, 0.5) is 0 Å². The van der Waals surface area contributed by atoms with E-state index in [1.807, 2.05) is 0 Å². The van der Waals surface area contributed by atoms with Crippen molar-refractivity contribution in [3.63, 3.8) is 0 Å². The molecular formula is C7H9BrO2. The molecule has 0 saturated heterocycles. The molecule has 0 radical (unpaired) electrons. The summed E-state index contributed by atoms with van der Waals surface area (Å²) in [6, 6.07) is 0. The van der Waals surface area contributed by atoms with E-state index in [2.05, 4.69) is 20.7 Å². The first-order valence-corrected chi connectivity index (χ1v) is 3.83. The van der Waals surface area contributed by atoms with Crippen LogP contribution in [0.1, 0.15) is 6.92 Å². The van der Waals surface area contributed by atoms with Crippen molar-refractivity contribution in [2.45, 2.75) is 6.92 Å². The molecule has 0 aliphatic carbocycles. The Kier molecular flexibility index (Phi) is 6.18. The van der Waals surface area contributed by atoms with Gasteiger partial charge in [0, 0.05) is 6.08 Å². The molecule has 0 aromatic heterocycles. The summed E-state index contributed by atoms with van der Waals surface area (Å²) < 4.78 is 4.61. The molecule has 2 nitrogen and oxygen atoms in total. The highest BCUT2D eigenvalue weighted by Gasteiger charge is 1.89. The van der Waals surface area contributed by atoms with Crippen LogP contribution in [0, 0.1) is 0 Å².